The summed E-state index contributed by atoms with van der Waals surface area (Å²) in [4.78, 5) is 4.57. The smallest absolute Gasteiger partial charge is 0.159 e. The minimum Gasteiger partial charge on any atom is -0.454 e. The number of nitriles is 2. The first-order valence-corrected chi connectivity index (χ1v) is 24.4. The highest BCUT2D eigenvalue weighted by Crippen LogP contribution is 2.58. The van der Waals surface area contributed by atoms with E-state index in [0.29, 0.717) is 11.1 Å². The summed E-state index contributed by atoms with van der Waals surface area (Å²) in [6.45, 7) is 9.45. The van der Waals surface area contributed by atoms with Crippen molar-refractivity contribution in [1.29, 1.82) is 10.5 Å². The molecule has 0 radical (unpaired) electrons. The van der Waals surface area contributed by atoms with Gasteiger partial charge in [0.05, 0.1) is 40.3 Å². The molecule has 0 N–H and O–H groups in total. The van der Waals surface area contributed by atoms with Crippen LogP contribution in [0.15, 0.2) is 203 Å². The minimum absolute atomic E-state index is 0.349. The Morgan fingerprint density at radius 1 is 0.361 bits per heavy atom. The van der Waals surface area contributed by atoms with Crippen LogP contribution in [0, 0.1) is 22.7 Å². The standard InChI is InChI=1S/C66H44N4O2/c1-65(2)53-17-9-16-50-57(70(42-28-24-40(38-68)25-29-42)59-19-11-15-49-46-13-6-8-21-61(46)72-64(49)59)33-32-47(62(50)53)52-36-55-51(35-56(52)65)44-31-30-43(34-54(44)66(55,3)4)69(41-26-22-39(37-67)23-27-41)58-18-10-14-48-45-12-5-7-20-60(45)71-63(48)58/h5-36H,1-4H3. The zero-order chi connectivity index (χ0) is 48.6. The lowest BCUT2D eigenvalue weighted by Crippen LogP contribution is -2.25. The van der Waals surface area contributed by atoms with E-state index in [1.165, 1.54) is 49.9 Å². The molecule has 0 saturated heterocycles. The number of benzene rings is 10. The topological polar surface area (TPSA) is 80.3 Å². The molecule has 0 amide bonds. The van der Waals surface area contributed by atoms with Gasteiger partial charge < -0.3 is 18.6 Å². The van der Waals surface area contributed by atoms with E-state index in [9.17, 15) is 10.5 Å². The molecule has 2 aliphatic carbocycles. The van der Waals surface area contributed by atoms with Crippen LogP contribution >= 0.6 is 0 Å². The highest BCUT2D eigenvalue weighted by molar-refractivity contribution is 6.15. The second-order valence-corrected chi connectivity index (χ2v) is 20.3. The number of para-hydroxylation sites is 4. The number of rotatable bonds is 6. The third-order valence-electron chi connectivity index (χ3n) is 15.7. The van der Waals surface area contributed by atoms with Crippen molar-refractivity contribution < 1.29 is 8.83 Å². The summed E-state index contributed by atoms with van der Waals surface area (Å²) in [5, 5.41) is 26.2. The van der Waals surface area contributed by atoms with E-state index in [1.54, 1.807) is 0 Å². The van der Waals surface area contributed by atoms with Gasteiger partial charge in [0, 0.05) is 54.8 Å². The van der Waals surface area contributed by atoms with Crippen LogP contribution in [0.4, 0.5) is 34.1 Å². The molecule has 2 aromatic heterocycles. The zero-order valence-corrected chi connectivity index (χ0v) is 40.1. The minimum atomic E-state index is -0.352. The normalized spacial score (nSPS) is 13.8. The van der Waals surface area contributed by atoms with E-state index in [2.05, 4.69) is 171 Å². The number of fused-ring (bicyclic) bond motifs is 11. The summed E-state index contributed by atoms with van der Waals surface area (Å²) >= 11 is 0. The van der Waals surface area contributed by atoms with Gasteiger partial charge in [-0.05, 0) is 153 Å². The number of furan rings is 2. The average Bonchev–Trinajstić information content (AvgIpc) is 4.06. The molecule has 0 unspecified atom stereocenters. The summed E-state index contributed by atoms with van der Waals surface area (Å²) < 4.78 is 13.4. The first-order valence-electron chi connectivity index (χ1n) is 24.4. The SMILES string of the molecule is CC1(C)c2cc(N(c3ccc(C#N)cc3)c3cccc4c3oc3ccccc34)ccc2-c2cc3c(cc21)-c1ccc(N(c2ccc(C#N)cc2)c2cccc4c2oc2ccccc24)c2cccc(c12)C3(C)C. The highest BCUT2D eigenvalue weighted by atomic mass is 16.3. The first-order chi connectivity index (χ1) is 35.1. The summed E-state index contributed by atoms with van der Waals surface area (Å²) in [6.07, 6.45) is 0. The lowest BCUT2D eigenvalue weighted by molar-refractivity contribution is 0.639. The molecule has 6 nitrogen and oxygen atoms in total. The molecule has 0 fully saturated rings. The Morgan fingerprint density at radius 2 is 0.819 bits per heavy atom. The molecule has 340 valence electrons. The second kappa shape index (κ2) is 15.1. The third kappa shape index (κ3) is 5.81. The van der Waals surface area contributed by atoms with E-state index >= 15 is 0 Å². The summed E-state index contributed by atoms with van der Waals surface area (Å²) in [5.41, 5.74) is 19.6. The van der Waals surface area contributed by atoms with E-state index in [0.717, 1.165) is 83.4 Å². The quantitative estimate of drug-likeness (QED) is 0.165. The van der Waals surface area contributed by atoms with E-state index in [1.807, 2.05) is 72.8 Å². The van der Waals surface area contributed by atoms with Crippen LogP contribution in [0.25, 0.3) is 76.9 Å². The Hall–Kier alpha value is -9.36. The van der Waals surface area contributed by atoms with Crippen LogP contribution < -0.4 is 9.80 Å². The van der Waals surface area contributed by atoms with Gasteiger partial charge in [0.2, 0.25) is 0 Å². The van der Waals surface area contributed by atoms with Crippen molar-refractivity contribution in [2.75, 3.05) is 9.80 Å². The summed E-state index contributed by atoms with van der Waals surface area (Å²) in [7, 11) is 0. The molecular formula is C66H44N4O2. The average molecular weight is 925 g/mol. The molecule has 0 spiro atoms. The maximum Gasteiger partial charge on any atom is 0.159 e. The molecule has 0 saturated carbocycles. The number of hydrogen-bond acceptors (Lipinski definition) is 6. The maximum absolute atomic E-state index is 9.83. The van der Waals surface area contributed by atoms with Gasteiger partial charge in [0.1, 0.15) is 11.2 Å². The number of anilines is 6. The van der Waals surface area contributed by atoms with Crippen molar-refractivity contribution in [1.82, 2.24) is 0 Å². The maximum atomic E-state index is 9.83. The van der Waals surface area contributed by atoms with Crippen molar-refractivity contribution in [2.45, 2.75) is 38.5 Å². The highest BCUT2D eigenvalue weighted by Gasteiger charge is 2.41. The first kappa shape index (κ1) is 41.6. The fourth-order valence-corrected chi connectivity index (χ4v) is 12.1. The van der Waals surface area contributed by atoms with Gasteiger partial charge in [-0.15, -0.1) is 0 Å². The molecule has 72 heavy (non-hydrogen) atoms. The molecule has 12 aromatic rings. The van der Waals surface area contributed by atoms with Crippen molar-refractivity contribution in [3.63, 3.8) is 0 Å². The van der Waals surface area contributed by atoms with Crippen molar-refractivity contribution in [3.05, 3.63) is 228 Å². The van der Waals surface area contributed by atoms with Gasteiger partial charge in [-0.2, -0.15) is 10.5 Å². The van der Waals surface area contributed by atoms with Crippen LogP contribution in [0.5, 0.6) is 0 Å². The van der Waals surface area contributed by atoms with Crippen LogP contribution in [0.2, 0.25) is 0 Å². The monoisotopic (exact) mass is 924 g/mol. The van der Waals surface area contributed by atoms with Gasteiger partial charge in [0.25, 0.3) is 0 Å². The third-order valence-corrected chi connectivity index (χ3v) is 15.7. The fraction of sp³-hybridized carbons (Fsp3) is 0.0909. The van der Waals surface area contributed by atoms with Crippen molar-refractivity contribution in [2.24, 2.45) is 0 Å². The predicted octanol–water partition coefficient (Wildman–Crippen LogP) is 17.9. The Morgan fingerprint density at radius 3 is 1.42 bits per heavy atom. The van der Waals surface area contributed by atoms with Gasteiger partial charge in [-0.1, -0.05) is 119 Å². The zero-order valence-electron chi connectivity index (χ0n) is 40.1. The van der Waals surface area contributed by atoms with Gasteiger partial charge in [0.15, 0.2) is 11.2 Å². The van der Waals surface area contributed by atoms with Gasteiger partial charge in [-0.25, -0.2) is 0 Å². The van der Waals surface area contributed by atoms with Crippen LogP contribution in [0.3, 0.4) is 0 Å². The molecule has 2 aliphatic rings. The van der Waals surface area contributed by atoms with E-state index in [-0.39, 0.29) is 10.8 Å². The Bertz CT molecular complexity index is 4370. The number of nitrogens with zero attached hydrogens (tertiary/aromatic N) is 4. The molecular weight excluding hydrogens is 881 g/mol. The van der Waals surface area contributed by atoms with Crippen molar-refractivity contribution in [3.8, 4) is 34.4 Å². The molecule has 0 atom stereocenters. The van der Waals surface area contributed by atoms with Crippen LogP contribution in [-0.4, -0.2) is 0 Å². The summed E-state index contributed by atoms with van der Waals surface area (Å²) in [5.74, 6) is 0. The predicted molar refractivity (Wildman–Crippen MR) is 292 cm³/mol. The summed E-state index contributed by atoms with van der Waals surface area (Å²) in [6, 6.07) is 72.6. The van der Waals surface area contributed by atoms with E-state index in [4.69, 9.17) is 8.83 Å². The Labute approximate surface area is 416 Å². The number of hydrogen-bond donors (Lipinski definition) is 0. The Kier molecular flexibility index (Phi) is 8.71. The molecule has 6 heteroatoms. The van der Waals surface area contributed by atoms with Crippen molar-refractivity contribution >= 4 is 88.8 Å². The second-order valence-electron chi connectivity index (χ2n) is 20.3. The lowest BCUT2D eigenvalue weighted by Gasteiger charge is -2.37. The molecule has 2 heterocycles. The fourth-order valence-electron chi connectivity index (χ4n) is 12.1. The van der Waals surface area contributed by atoms with Crippen LogP contribution in [0.1, 0.15) is 61.1 Å². The molecule has 14 rings (SSSR count). The van der Waals surface area contributed by atoms with Gasteiger partial charge >= 0.3 is 0 Å². The van der Waals surface area contributed by atoms with Crippen LogP contribution in [-0.2, 0) is 10.8 Å². The molecule has 10 aromatic carbocycles. The largest absolute Gasteiger partial charge is 0.454 e. The lowest BCUT2D eigenvalue weighted by atomic mass is 9.67. The molecule has 0 aliphatic heterocycles. The van der Waals surface area contributed by atoms with Gasteiger partial charge in [-0.3, -0.25) is 0 Å². The molecule has 0 bridgehead atoms. The van der Waals surface area contributed by atoms with E-state index < -0.39 is 0 Å². The Balaban J connectivity index is 0.936.